The average molecular weight is 355 g/mol. The lowest BCUT2D eigenvalue weighted by Gasteiger charge is -2.11. The normalized spacial score (nSPS) is 14.8. The summed E-state index contributed by atoms with van der Waals surface area (Å²) in [5.74, 6) is -1.90. The van der Waals surface area contributed by atoms with Gasteiger partial charge in [0.05, 0.1) is 6.61 Å². The predicted octanol–water partition coefficient (Wildman–Crippen LogP) is 4.43. The fourth-order valence-electron chi connectivity index (χ4n) is 2.25. The van der Waals surface area contributed by atoms with Gasteiger partial charge in [-0.05, 0) is 18.1 Å². The van der Waals surface area contributed by atoms with Gasteiger partial charge in [0.2, 0.25) is 0 Å². The van der Waals surface area contributed by atoms with Crippen molar-refractivity contribution in [2.45, 2.75) is 26.1 Å². The molecule has 0 unspecified atom stereocenters. The van der Waals surface area contributed by atoms with E-state index in [9.17, 15) is 22.4 Å². The van der Waals surface area contributed by atoms with Crippen molar-refractivity contribution in [1.82, 2.24) is 5.32 Å². The second-order valence-electron chi connectivity index (χ2n) is 5.29. The molecule has 7 heteroatoms. The third kappa shape index (κ3) is 5.20. The number of hydrogen-bond acceptors (Lipinski definition) is 2. The number of carbonyl (C=O) groups excluding carboxylic acids is 1. The Hall–Kier alpha value is -2.57. The van der Waals surface area contributed by atoms with Gasteiger partial charge in [-0.2, -0.15) is 13.2 Å². The van der Waals surface area contributed by atoms with Gasteiger partial charge in [-0.1, -0.05) is 36.4 Å². The zero-order valence-electron chi connectivity index (χ0n) is 13.5. The summed E-state index contributed by atoms with van der Waals surface area (Å²) in [6, 6.07) is 6.57. The maximum atomic E-state index is 13.6. The molecule has 1 aliphatic carbocycles. The summed E-state index contributed by atoms with van der Waals surface area (Å²) in [4.78, 5) is 10.8. The Labute approximate surface area is 142 Å². The summed E-state index contributed by atoms with van der Waals surface area (Å²) in [5, 5.41) is 1.81. The lowest BCUT2D eigenvalue weighted by atomic mass is 10.0. The fourth-order valence-corrected chi connectivity index (χ4v) is 2.25. The van der Waals surface area contributed by atoms with Crippen LogP contribution >= 0.6 is 0 Å². The molecule has 0 spiro atoms. The molecule has 0 heterocycles. The highest BCUT2D eigenvalue weighted by atomic mass is 19.4. The molecule has 2 rings (SSSR count). The number of benzene rings is 1. The number of carbonyl (C=O) groups is 1. The minimum absolute atomic E-state index is 0.168. The van der Waals surface area contributed by atoms with Crippen LogP contribution in [-0.4, -0.2) is 18.7 Å². The SMILES string of the molecule is CCOC1=C(c2ccc(CNC(=O)C(F)(F)F)cc2)C=CCC(F)=C1. The van der Waals surface area contributed by atoms with Gasteiger partial charge >= 0.3 is 12.1 Å². The van der Waals surface area contributed by atoms with Crippen molar-refractivity contribution in [2.24, 2.45) is 0 Å². The lowest BCUT2D eigenvalue weighted by Crippen LogP contribution is -2.36. The first-order chi connectivity index (χ1) is 11.8. The molecule has 0 aromatic heterocycles. The molecule has 0 radical (unpaired) electrons. The van der Waals surface area contributed by atoms with E-state index in [1.54, 1.807) is 43.3 Å². The lowest BCUT2D eigenvalue weighted by molar-refractivity contribution is -0.173. The quantitative estimate of drug-likeness (QED) is 0.794. The summed E-state index contributed by atoms with van der Waals surface area (Å²) in [6.07, 6.45) is 0.00971. The van der Waals surface area contributed by atoms with Gasteiger partial charge in [0.25, 0.3) is 0 Å². The average Bonchev–Trinajstić information content (AvgIpc) is 2.74. The minimum atomic E-state index is -4.90. The van der Waals surface area contributed by atoms with E-state index in [0.29, 0.717) is 23.5 Å². The fraction of sp³-hybridized carbons (Fsp3) is 0.278. The molecule has 0 aliphatic heterocycles. The first kappa shape index (κ1) is 18.8. The Morgan fingerprint density at radius 3 is 2.52 bits per heavy atom. The summed E-state index contributed by atoms with van der Waals surface area (Å²) in [6.45, 7) is 1.93. The largest absolute Gasteiger partial charge is 0.493 e. The van der Waals surface area contributed by atoms with Crippen molar-refractivity contribution in [1.29, 1.82) is 0 Å². The Kier molecular flexibility index (Phi) is 6.01. The molecule has 0 saturated heterocycles. The van der Waals surface area contributed by atoms with Crippen LogP contribution in [0.25, 0.3) is 5.57 Å². The molecule has 25 heavy (non-hydrogen) atoms. The number of halogens is 4. The van der Waals surface area contributed by atoms with Crippen molar-refractivity contribution in [3.63, 3.8) is 0 Å². The van der Waals surface area contributed by atoms with Crippen molar-refractivity contribution >= 4 is 11.5 Å². The van der Waals surface area contributed by atoms with E-state index in [4.69, 9.17) is 4.74 Å². The molecular formula is C18H17F4NO2. The molecule has 0 atom stereocenters. The van der Waals surface area contributed by atoms with E-state index in [-0.39, 0.29) is 18.8 Å². The molecule has 0 saturated carbocycles. The van der Waals surface area contributed by atoms with E-state index >= 15 is 0 Å². The van der Waals surface area contributed by atoms with Crippen molar-refractivity contribution in [3.05, 3.63) is 65.2 Å². The van der Waals surface area contributed by atoms with Gasteiger partial charge in [0.15, 0.2) is 0 Å². The Balaban J connectivity index is 2.18. The topological polar surface area (TPSA) is 38.3 Å². The molecule has 1 aromatic rings. The molecule has 3 nitrogen and oxygen atoms in total. The van der Waals surface area contributed by atoms with Crippen LogP contribution in [0.4, 0.5) is 17.6 Å². The highest BCUT2D eigenvalue weighted by molar-refractivity contribution is 5.81. The molecule has 1 aromatic carbocycles. The van der Waals surface area contributed by atoms with Crippen LogP contribution in [0.15, 0.2) is 54.1 Å². The highest BCUT2D eigenvalue weighted by Gasteiger charge is 2.38. The molecule has 1 amide bonds. The van der Waals surface area contributed by atoms with Crippen LogP contribution in [0, 0.1) is 0 Å². The van der Waals surface area contributed by atoms with Gasteiger partial charge in [-0.15, -0.1) is 0 Å². The van der Waals surface area contributed by atoms with E-state index in [2.05, 4.69) is 0 Å². The number of alkyl halides is 3. The van der Waals surface area contributed by atoms with Crippen LogP contribution in [0.1, 0.15) is 24.5 Å². The third-order valence-corrected chi connectivity index (χ3v) is 3.43. The first-order valence-corrected chi connectivity index (χ1v) is 7.65. The zero-order valence-corrected chi connectivity index (χ0v) is 13.5. The van der Waals surface area contributed by atoms with Crippen LogP contribution < -0.4 is 5.32 Å². The first-order valence-electron chi connectivity index (χ1n) is 7.65. The van der Waals surface area contributed by atoms with Crippen LogP contribution in [-0.2, 0) is 16.1 Å². The van der Waals surface area contributed by atoms with Gasteiger partial charge in [-0.25, -0.2) is 4.39 Å². The summed E-state index contributed by atoms with van der Waals surface area (Å²) in [7, 11) is 0. The van der Waals surface area contributed by atoms with Crippen LogP contribution in [0.5, 0.6) is 0 Å². The summed E-state index contributed by atoms with van der Waals surface area (Å²) >= 11 is 0. The Morgan fingerprint density at radius 1 is 1.24 bits per heavy atom. The second-order valence-corrected chi connectivity index (χ2v) is 5.29. The molecule has 1 aliphatic rings. The smallest absolute Gasteiger partial charge is 0.471 e. The molecule has 0 fully saturated rings. The highest BCUT2D eigenvalue weighted by Crippen LogP contribution is 2.27. The van der Waals surface area contributed by atoms with Gasteiger partial charge in [-0.3, -0.25) is 4.79 Å². The summed E-state index contributed by atoms with van der Waals surface area (Å²) in [5.41, 5.74) is 1.93. The number of nitrogens with one attached hydrogen (secondary N) is 1. The third-order valence-electron chi connectivity index (χ3n) is 3.43. The van der Waals surface area contributed by atoms with Crippen molar-refractivity contribution < 1.29 is 27.1 Å². The standard InChI is InChI=1S/C18H17F4NO2/c1-2-25-16-10-14(19)4-3-5-15(16)13-8-6-12(7-9-13)11-23-17(24)18(20,21)22/h3,5-10H,2,4,11H2,1H3,(H,23,24). The maximum Gasteiger partial charge on any atom is 0.471 e. The van der Waals surface area contributed by atoms with Crippen molar-refractivity contribution in [3.8, 4) is 0 Å². The number of amides is 1. The zero-order chi connectivity index (χ0) is 18.4. The van der Waals surface area contributed by atoms with Crippen LogP contribution in [0.2, 0.25) is 0 Å². The predicted molar refractivity (Wildman–Crippen MR) is 85.8 cm³/mol. The maximum absolute atomic E-state index is 13.6. The van der Waals surface area contributed by atoms with Crippen molar-refractivity contribution in [2.75, 3.05) is 6.61 Å². The number of ether oxygens (including phenoxy) is 1. The van der Waals surface area contributed by atoms with Gasteiger partial charge in [0, 0.05) is 24.6 Å². The number of hydrogen-bond donors (Lipinski definition) is 1. The Morgan fingerprint density at radius 2 is 1.92 bits per heavy atom. The minimum Gasteiger partial charge on any atom is -0.493 e. The van der Waals surface area contributed by atoms with E-state index in [0.717, 1.165) is 5.56 Å². The second kappa shape index (κ2) is 8.00. The molecule has 1 N–H and O–H groups in total. The van der Waals surface area contributed by atoms with Gasteiger partial charge in [0.1, 0.15) is 11.6 Å². The van der Waals surface area contributed by atoms with E-state index < -0.39 is 12.1 Å². The monoisotopic (exact) mass is 355 g/mol. The molecule has 134 valence electrons. The molecular weight excluding hydrogens is 338 g/mol. The Bertz CT molecular complexity index is 716. The summed E-state index contributed by atoms with van der Waals surface area (Å²) < 4.78 is 55.6. The van der Waals surface area contributed by atoms with Gasteiger partial charge < -0.3 is 10.1 Å². The molecule has 0 bridgehead atoms. The number of allylic oxidation sites excluding steroid dienone is 5. The van der Waals surface area contributed by atoms with E-state index in [1.807, 2.05) is 5.32 Å². The number of rotatable bonds is 5. The van der Waals surface area contributed by atoms with Crippen LogP contribution in [0.3, 0.4) is 0 Å². The van der Waals surface area contributed by atoms with E-state index in [1.165, 1.54) is 6.08 Å².